The van der Waals surface area contributed by atoms with Gasteiger partial charge in [-0.3, -0.25) is 4.79 Å². The van der Waals surface area contributed by atoms with Crippen molar-refractivity contribution in [2.45, 2.75) is 83.5 Å². The molecule has 0 spiro atoms. The number of hydrogen-bond acceptors (Lipinski definition) is 8. The van der Waals surface area contributed by atoms with Crippen molar-refractivity contribution in [2.24, 2.45) is 0 Å². The summed E-state index contributed by atoms with van der Waals surface area (Å²) in [5.41, 5.74) is 7.72. The lowest BCUT2D eigenvalue weighted by Gasteiger charge is -2.37. The number of aryl methyl sites for hydroxylation is 3. The second-order valence-electron chi connectivity index (χ2n) is 12.6. The highest BCUT2D eigenvalue weighted by Gasteiger charge is 2.38. The van der Waals surface area contributed by atoms with Gasteiger partial charge in [-0.2, -0.15) is 4.31 Å². The van der Waals surface area contributed by atoms with Crippen molar-refractivity contribution < 1.29 is 17.9 Å². The molecule has 0 aliphatic carbocycles. The second kappa shape index (κ2) is 12.8. The van der Waals surface area contributed by atoms with E-state index in [1.54, 1.807) is 35.2 Å². The van der Waals surface area contributed by atoms with Crippen LogP contribution in [0.15, 0.2) is 70.4 Å². The minimum Gasteiger partial charge on any atom is -0.488 e. The summed E-state index contributed by atoms with van der Waals surface area (Å²) in [6.07, 6.45) is 0.383. The average Bonchev–Trinajstić information content (AvgIpc) is 3.72. The molecule has 246 valence electrons. The van der Waals surface area contributed by atoms with Crippen LogP contribution >= 0.6 is 11.3 Å². The molecule has 1 aliphatic heterocycles. The third-order valence-electron chi connectivity index (χ3n) is 9.09. The zero-order valence-corrected chi connectivity index (χ0v) is 29.2. The molecule has 0 radical (unpaired) electrons. The van der Waals surface area contributed by atoms with Crippen molar-refractivity contribution in [1.82, 2.24) is 29.6 Å². The van der Waals surface area contributed by atoms with Gasteiger partial charge in [-0.1, -0.05) is 48.5 Å². The lowest BCUT2D eigenvalue weighted by Crippen LogP contribution is -2.48. The van der Waals surface area contributed by atoms with Crippen LogP contribution in [0.1, 0.15) is 78.3 Å². The second-order valence-corrected chi connectivity index (χ2v) is 15.2. The number of benzene rings is 3. The summed E-state index contributed by atoms with van der Waals surface area (Å²) in [6, 6.07) is 17.1. The SMILES string of the molecule is CC[C@@H]1CN(Cc2cc([C@@H](c3ccc4c(nnn4CC)c3C)C(C)(C)NC(=O)c3cscn3)ccc2C)S(=O)(=O)c2ccccc2O1. The summed E-state index contributed by atoms with van der Waals surface area (Å²) in [6.45, 7) is 13.2. The molecule has 5 aromatic rings. The lowest BCUT2D eigenvalue weighted by atomic mass is 9.74. The molecule has 2 aromatic heterocycles. The molecule has 12 heteroatoms. The fourth-order valence-corrected chi connectivity index (χ4v) is 8.61. The molecule has 10 nitrogen and oxygen atoms in total. The molecule has 47 heavy (non-hydrogen) atoms. The van der Waals surface area contributed by atoms with Gasteiger partial charge in [0.1, 0.15) is 28.0 Å². The van der Waals surface area contributed by atoms with E-state index in [9.17, 15) is 13.2 Å². The number of hydrogen-bond donors (Lipinski definition) is 1. The first-order valence-electron chi connectivity index (χ1n) is 15.8. The standard InChI is InChI=1S/C35H40N6O4S2/c1-7-26-19-40(47(43,44)31-12-10-9-11-30(31)45-26)18-25-17-24(14-13-22(25)3)32(35(5,6)37-34(42)28-20-46-21-36-28)27-15-16-29-33(23(27)4)38-39-41(29)8-2/h9-17,20-21,26,32H,7-8,18-19H2,1-6H3,(H,37,42)/t26-,32+/m1/s1. The number of ether oxygens (including phenoxy) is 1. The van der Waals surface area contributed by atoms with Crippen molar-refractivity contribution in [1.29, 1.82) is 0 Å². The molecule has 0 saturated carbocycles. The number of aromatic nitrogens is 4. The Morgan fingerprint density at radius 1 is 1.13 bits per heavy atom. The Bertz CT molecular complexity index is 2040. The van der Waals surface area contributed by atoms with E-state index in [1.807, 2.05) is 58.4 Å². The van der Waals surface area contributed by atoms with Crippen LogP contribution < -0.4 is 10.1 Å². The van der Waals surface area contributed by atoms with Crippen LogP contribution in [-0.4, -0.2) is 56.8 Å². The molecule has 1 N–H and O–H groups in total. The number of carbonyl (C=O) groups is 1. The van der Waals surface area contributed by atoms with Crippen LogP contribution in [0.25, 0.3) is 11.0 Å². The first-order valence-corrected chi connectivity index (χ1v) is 18.2. The summed E-state index contributed by atoms with van der Waals surface area (Å²) in [4.78, 5) is 17.8. The number of para-hydroxylation sites is 1. The van der Waals surface area contributed by atoms with E-state index in [1.165, 1.54) is 15.6 Å². The molecule has 3 heterocycles. The third kappa shape index (κ3) is 6.17. The van der Waals surface area contributed by atoms with Crippen molar-refractivity contribution >= 4 is 38.3 Å². The average molecular weight is 673 g/mol. The van der Waals surface area contributed by atoms with E-state index in [0.717, 1.165) is 38.9 Å². The van der Waals surface area contributed by atoms with Crippen LogP contribution in [0.4, 0.5) is 0 Å². The van der Waals surface area contributed by atoms with Gasteiger partial charge >= 0.3 is 0 Å². The Morgan fingerprint density at radius 3 is 2.64 bits per heavy atom. The highest BCUT2D eigenvalue weighted by molar-refractivity contribution is 7.89. The van der Waals surface area contributed by atoms with Crippen molar-refractivity contribution in [3.05, 3.63) is 99.0 Å². The predicted molar refractivity (Wildman–Crippen MR) is 183 cm³/mol. The molecule has 1 aliphatic rings. The van der Waals surface area contributed by atoms with E-state index < -0.39 is 15.6 Å². The Kier molecular flexibility index (Phi) is 8.94. The minimum absolute atomic E-state index is 0.178. The van der Waals surface area contributed by atoms with Crippen LogP contribution in [0, 0.1) is 13.8 Å². The Labute approximate surface area is 279 Å². The van der Waals surface area contributed by atoms with E-state index in [0.29, 0.717) is 24.4 Å². The van der Waals surface area contributed by atoms with E-state index in [4.69, 9.17) is 4.74 Å². The largest absolute Gasteiger partial charge is 0.488 e. The maximum absolute atomic E-state index is 14.0. The Morgan fingerprint density at radius 2 is 1.91 bits per heavy atom. The van der Waals surface area contributed by atoms with Gasteiger partial charge in [0.2, 0.25) is 10.0 Å². The monoisotopic (exact) mass is 672 g/mol. The summed E-state index contributed by atoms with van der Waals surface area (Å²) in [7, 11) is -3.84. The normalized spacial score (nSPS) is 17.1. The van der Waals surface area contributed by atoms with Gasteiger partial charge in [-0.25, -0.2) is 18.1 Å². The number of thiazole rings is 1. The van der Waals surface area contributed by atoms with Gasteiger partial charge in [-0.15, -0.1) is 16.4 Å². The van der Waals surface area contributed by atoms with Gasteiger partial charge in [0.05, 0.1) is 17.6 Å². The molecule has 0 unspecified atom stereocenters. The van der Waals surface area contributed by atoms with E-state index in [-0.39, 0.29) is 35.9 Å². The van der Waals surface area contributed by atoms with Crippen molar-refractivity contribution in [3.63, 3.8) is 0 Å². The van der Waals surface area contributed by atoms with E-state index in [2.05, 4.69) is 38.8 Å². The number of amides is 1. The number of nitrogens with one attached hydrogen (secondary N) is 1. The molecule has 3 aromatic carbocycles. The zero-order chi connectivity index (χ0) is 33.5. The fraction of sp³-hybridized carbons (Fsp3) is 0.371. The highest BCUT2D eigenvalue weighted by atomic mass is 32.2. The summed E-state index contributed by atoms with van der Waals surface area (Å²) >= 11 is 1.37. The highest BCUT2D eigenvalue weighted by Crippen LogP contribution is 2.40. The maximum Gasteiger partial charge on any atom is 0.271 e. The van der Waals surface area contributed by atoms with Gasteiger partial charge in [0.25, 0.3) is 5.91 Å². The van der Waals surface area contributed by atoms with Gasteiger partial charge in [-0.05, 0) is 87.1 Å². The topological polar surface area (TPSA) is 119 Å². The number of sulfonamides is 1. The van der Waals surface area contributed by atoms with Gasteiger partial charge in [0.15, 0.2) is 0 Å². The summed E-state index contributed by atoms with van der Waals surface area (Å²) in [5.74, 6) is -0.200. The third-order valence-corrected chi connectivity index (χ3v) is 11.5. The smallest absolute Gasteiger partial charge is 0.271 e. The van der Waals surface area contributed by atoms with Crippen LogP contribution in [0.2, 0.25) is 0 Å². The number of carbonyl (C=O) groups excluding carboxylic acids is 1. The lowest BCUT2D eigenvalue weighted by molar-refractivity contribution is 0.0901. The molecule has 0 saturated heterocycles. The number of rotatable bonds is 9. The first kappa shape index (κ1) is 32.8. The zero-order valence-electron chi connectivity index (χ0n) is 27.5. The molecule has 2 atom stereocenters. The Balaban J connectivity index is 1.45. The fourth-order valence-electron chi connectivity index (χ4n) is 6.50. The van der Waals surface area contributed by atoms with Crippen LogP contribution in [-0.2, 0) is 23.1 Å². The summed E-state index contributed by atoms with van der Waals surface area (Å²) in [5, 5.41) is 13.8. The quantitative estimate of drug-likeness (QED) is 0.197. The van der Waals surface area contributed by atoms with Gasteiger partial charge < -0.3 is 10.1 Å². The molecule has 0 bridgehead atoms. The van der Waals surface area contributed by atoms with Crippen molar-refractivity contribution in [2.75, 3.05) is 6.54 Å². The van der Waals surface area contributed by atoms with Crippen LogP contribution in [0.5, 0.6) is 5.75 Å². The summed E-state index contributed by atoms with van der Waals surface area (Å²) < 4.78 is 37.6. The Hall–Kier alpha value is -4.13. The maximum atomic E-state index is 14.0. The minimum atomic E-state index is -3.84. The molecular weight excluding hydrogens is 633 g/mol. The first-order chi connectivity index (χ1) is 22.4. The van der Waals surface area contributed by atoms with Crippen LogP contribution in [0.3, 0.4) is 0 Å². The molecule has 6 rings (SSSR count). The number of nitrogens with zero attached hydrogens (tertiary/aromatic N) is 5. The molecule has 0 fully saturated rings. The predicted octanol–water partition coefficient (Wildman–Crippen LogP) is 6.23. The molecular formula is C35H40N6O4S2. The van der Waals surface area contributed by atoms with Gasteiger partial charge in [0, 0.05) is 29.9 Å². The van der Waals surface area contributed by atoms with E-state index >= 15 is 0 Å². The molecule has 1 amide bonds. The van der Waals surface area contributed by atoms with Crippen molar-refractivity contribution in [3.8, 4) is 5.75 Å². The number of fused-ring (bicyclic) bond motifs is 2.